The van der Waals surface area contributed by atoms with Gasteiger partial charge < -0.3 is 10.6 Å². The number of alkyl halides is 3. The second kappa shape index (κ2) is 7.43. The maximum Gasteiger partial charge on any atom is 0.434 e. The van der Waals surface area contributed by atoms with E-state index in [2.05, 4.69) is 32.7 Å². The van der Waals surface area contributed by atoms with E-state index in [0.717, 1.165) is 29.7 Å². The van der Waals surface area contributed by atoms with Gasteiger partial charge in [0, 0.05) is 24.4 Å². The van der Waals surface area contributed by atoms with Gasteiger partial charge in [-0.15, -0.1) is 11.3 Å². The molecule has 8 heteroatoms. The summed E-state index contributed by atoms with van der Waals surface area (Å²) in [5.41, 5.74) is 1.87. The largest absolute Gasteiger partial charge is 0.434 e. The molecular formula is C17H19F3N4S. The lowest BCUT2D eigenvalue weighted by Crippen LogP contribution is -2.41. The van der Waals surface area contributed by atoms with Gasteiger partial charge in [-0.05, 0) is 24.5 Å². The predicted octanol–water partition coefficient (Wildman–Crippen LogP) is 3.56. The van der Waals surface area contributed by atoms with Crippen LogP contribution in [0.15, 0.2) is 34.6 Å². The molecule has 0 saturated carbocycles. The molecule has 2 N–H and O–H groups in total. The molecular weight excluding hydrogens is 349 g/mol. The number of rotatable bonds is 5. The number of halogens is 3. The summed E-state index contributed by atoms with van der Waals surface area (Å²) in [5.74, 6) is 1.03. The maximum atomic E-state index is 12.6. The van der Waals surface area contributed by atoms with E-state index in [0.29, 0.717) is 23.4 Å². The SMILES string of the molecule is CCNC(=NCc1nc(C(F)(F)F)cs1)NCC1Cc2ccccc21. The average molecular weight is 368 g/mol. The number of aliphatic imine (C=N–C) groups is 1. The molecule has 1 heterocycles. The van der Waals surface area contributed by atoms with Crippen LogP contribution in [0.1, 0.15) is 34.7 Å². The summed E-state index contributed by atoms with van der Waals surface area (Å²) in [6.45, 7) is 3.49. The van der Waals surface area contributed by atoms with Crippen LogP contribution in [0.3, 0.4) is 0 Å². The third-order valence-corrected chi connectivity index (χ3v) is 4.87. The number of hydrogen-bond acceptors (Lipinski definition) is 3. The van der Waals surface area contributed by atoms with Crippen LogP contribution in [0.4, 0.5) is 13.2 Å². The van der Waals surface area contributed by atoms with Crippen LogP contribution < -0.4 is 10.6 Å². The Morgan fingerprint density at radius 2 is 2.12 bits per heavy atom. The smallest absolute Gasteiger partial charge is 0.357 e. The molecule has 0 spiro atoms. The molecule has 25 heavy (non-hydrogen) atoms. The Labute approximate surface area is 148 Å². The lowest BCUT2D eigenvalue weighted by atomic mass is 9.78. The van der Waals surface area contributed by atoms with Crippen LogP contribution in [0.2, 0.25) is 0 Å². The molecule has 0 saturated heterocycles. The molecule has 0 amide bonds. The molecule has 2 aromatic rings. The zero-order valence-corrected chi connectivity index (χ0v) is 14.5. The Morgan fingerprint density at radius 1 is 1.32 bits per heavy atom. The maximum absolute atomic E-state index is 12.6. The van der Waals surface area contributed by atoms with Crippen LogP contribution in [0, 0.1) is 0 Å². The summed E-state index contributed by atoms with van der Waals surface area (Å²) < 4.78 is 37.7. The van der Waals surface area contributed by atoms with Crippen molar-refractivity contribution in [2.45, 2.75) is 32.0 Å². The first kappa shape index (κ1) is 17.7. The van der Waals surface area contributed by atoms with Gasteiger partial charge in [-0.25, -0.2) is 9.98 Å². The van der Waals surface area contributed by atoms with Crippen molar-refractivity contribution < 1.29 is 13.2 Å². The number of guanidine groups is 1. The van der Waals surface area contributed by atoms with E-state index in [1.165, 1.54) is 11.1 Å². The molecule has 0 aliphatic heterocycles. The number of fused-ring (bicyclic) bond motifs is 1. The Balaban J connectivity index is 1.57. The van der Waals surface area contributed by atoms with Crippen LogP contribution in [-0.2, 0) is 19.1 Å². The van der Waals surface area contributed by atoms with Crippen molar-refractivity contribution in [2.75, 3.05) is 13.1 Å². The Bertz CT molecular complexity index is 754. The van der Waals surface area contributed by atoms with Gasteiger partial charge in [0.1, 0.15) is 5.01 Å². The number of hydrogen-bond donors (Lipinski definition) is 2. The van der Waals surface area contributed by atoms with E-state index >= 15 is 0 Å². The van der Waals surface area contributed by atoms with Gasteiger partial charge in [-0.1, -0.05) is 24.3 Å². The summed E-state index contributed by atoms with van der Waals surface area (Å²) in [5, 5.41) is 7.75. The number of aromatic nitrogens is 1. The highest BCUT2D eigenvalue weighted by atomic mass is 32.1. The highest BCUT2D eigenvalue weighted by molar-refractivity contribution is 7.09. The first-order valence-electron chi connectivity index (χ1n) is 8.09. The molecule has 1 aromatic heterocycles. The Hall–Kier alpha value is -2.09. The summed E-state index contributed by atoms with van der Waals surface area (Å²) in [6, 6.07) is 8.33. The summed E-state index contributed by atoms with van der Waals surface area (Å²) in [7, 11) is 0. The van der Waals surface area contributed by atoms with E-state index < -0.39 is 11.9 Å². The standard InChI is InChI=1S/C17H19F3N4S/c1-2-21-16(22-8-12-7-11-5-3-4-6-13(11)12)23-9-15-24-14(10-25-15)17(18,19)20/h3-6,10,12H,2,7-9H2,1H3,(H2,21,22,23). The van der Waals surface area contributed by atoms with Crippen molar-refractivity contribution in [3.8, 4) is 0 Å². The third kappa shape index (κ3) is 4.31. The van der Waals surface area contributed by atoms with Crippen molar-refractivity contribution in [3.63, 3.8) is 0 Å². The molecule has 1 atom stereocenters. The minimum atomic E-state index is -4.40. The molecule has 3 rings (SSSR count). The van der Waals surface area contributed by atoms with E-state index in [1.807, 2.05) is 19.1 Å². The summed E-state index contributed by atoms with van der Waals surface area (Å²) >= 11 is 0.974. The predicted molar refractivity (Wildman–Crippen MR) is 92.8 cm³/mol. The zero-order chi connectivity index (χ0) is 17.9. The van der Waals surface area contributed by atoms with Crippen LogP contribution in [0.5, 0.6) is 0 Å². The number of benzene rings is 1. The fraction of sp³-hybridized carbons (Fsp3) is 0.412. The topological polar surface area (TPSA) is 49.3 Å². The molecule has 0 fully saturated rings. The van der Waals surface area contributed by atoms with Gasteiger partial charge in [-0.3, -0.25) is 0 Å². The molecule has 0 radical (unpaired) electrons. The van der Waals surface area contributed by atoms with Gasteiger partial charge in [0.25, 0.3) is 0 Å². The van der Waals surface area contributed by atoms with Gasteiger partial charge in [0.15, 0.2) is 11.7 Å². The Morgan fingerprint density at radius 3 is 2.80 bits per heavy atom. The van der Waals surface area contributed by atoms with E-state index in [1.54, 1.807) is 0 Å². The van der Waals surface area contributed by atoms with E-state index in [9.17, 15) is 13.2 Å². The first-order valence-corrected chi connectivity index (χ1v) is 8.97. The number of nitrogens with one attached hydrogen (secondary N) is 2. The molecule has 1 unspecified atom stereocenters. The van der Waals surface area contributed by atoms with Gasteiger partial charge in [-0.2, -0.15) is 13.2 Å². The average Bonchev–Trinajstić information content (AvgIpc) is 3.02. The molecule has 1 aromatic carbocycles. The van der Waals surface area contributed by atoms with Crippen molar-refractivity contribution in [1.82, 2.24) is 15.6 Å². The quantitative estimate of drug-likeness (QED) is 0.627. The second-order valence-corrected chi connectivity index (χ2v) is 6.74. The molecule has 4 nitrogen and oxygen atoms in total. The monoisotopic (exact) mass is 368 g/mol. The van der Waals surface area contributed by atoms with Crippen LogP contribution >= 0.6 is 11.3 Å². The third-order valence-electron chi connectivity index (χ3n) is 4.04. The van der Waals surface area contributed by atoms with Crippen LogP contribution in [-0.4, -0.2) is 24.0 Å². The normalized spacial score (nSPS) is 17.0. The van der Waals surface area contributed by atoms with Crippen LogP contribution in [0.25, 0.3) is 0 Å². The highest BCUT2D eigenvalue weighted by Gasteiger charge is 2.33. The van der Waals surface area contributed by atoms with Crippen molar-refractivity contribution in [2.24, 2.45) is 4.99 Å². The Kier molecular flexibility index (Phi) is 5.27. The van der Waals surface area contributed by atoms with Crippen molar-refractivity contribution >= 4 is 17.3 Å². The van der Waals surface area contributed by atoms with Gasteiger partial charge in [0.2, 0.25) is 0 Å². The van der Waals surface area contributed by atoms with E-state index in [4.69, 9.17) is 0 Å². The fourth-order valence-electron chi connectivity index (χ4n) is 2.77. The zero-order valence-electron chi connectivity index (χ0n) is 13.7. The van der Waals surface area contributed by atoms with Gasteiger partial charge >= 0.3 is 6.18 Å². The highest BCUT2D eigenvalue weighted by Crippen LogP contribution is 2.34. The molecule has 1 aliphatic carbocycles. The lowest BCUT2D eigenvalue weighted by molar-refractivity contribution is -0.140. The molecule has 134 valence electrons. The van der Waals surface area contributed by atoms with Gasteiger partial charge in [0.05, 0.1) is 6.54 Å². The summed E-state index contributed by atoms with van der Waals surface area (Å²) in [6.07, 6.45) is -3.37. The first-order chi connectivity index (χ1) is 12.0. The van der Waals surface area contributed by atoms with E-state index in [-0.39, 0.29) is 6.54 Å². The molecule has 0 bridgehead atoms. The number of thiazole rings is 1. The fourth-order valence-corrected chi connectivity index (χ4v) is 3.49. The van der Waals surface area contributed by atoms with Crippen molar-refractivity contribution in [1.29, 1.82) is 0 Å². The van der Waals surface area contributed by atoms with Crippen molar-refractivity contribution in [3.05, 3.63) is 51.5 Å². The number of nitrogens with zero attached hydrogens (tertiary/aromatic N) is 2. The minimum Gasteiger partial charge on any atom is -0.357 e. The summed E-state index contributed by atoms with van der Waals surface area (Å²) in [4.78, 5) is 7.94. The molecule has 1 aliphatic rings. The lowest BCUT2D eigenvalue weighted by Gasteiger charge is -2.30. The minimum absolute atomic E-state index is 0.122. The second-order valence-electron chi connectivity index (χ2n) is 5.80.